The van der Waals surface area contributed by atoms with Crippen molar-refractivity contribution in [1.29, 1.82) is 0 Å². The van der Waals surface area contributed by atoms with Crippen molar-refractivity contribution in [2.24, 2.45) is 0 Å². The molecule has 2 aromatic carbocycles. The second-order valence-corrected chi connectivity index (χ2v) is 13.9. The summed E-state index contributed by atoms with van der Waals surface area (Å²) in [5.41, 5.74) is 1.21. The fourth-order valence-electron chi connectivity index (χ4n) is 5.79. The summed E-state index contributed by atoms with van der Waals surface area (Å²) in [5, 5.41) is 1.51. The summed E-state index contributed by atoms with van der Waals surface area (Å²) in [7, 11) is 0. The molecule has 0 fully saturated rings. The molecule has 0 spiro atoms. The van der Waals surface area contributed by atoms with E-state index < -0.39 is 61.4 Å². The number of carbonyl (C=O) groups is 4. The molecule has 270 valence electrons. The van der Waals surface area contributed by atoms with Crippen molar-refractivity contribution in [2.45, 2.75) is 95.9 Å². The molecular weight excluding hydrogens is 714 g/mol. The van der Waals surface area contributed by atoms with Crippen LogP contribution >= 0.6 is 22.7 Å². The van der Waals surface area contributed by atoms with Gasteiger partial charge >= 0.3 is 36.2 Å². The molecule has 5 rings (SSSR count). The van der Waals surface area contributed by atoms with Crippen molar-refractivity contribution in [3.63, 3.8) is 0 Å². The van der Waals surface area contributed by atoms with Crippen molar-refractivity contribution >= 4 is 76.1 Å². The summed E-state index contributed by atoms with van der Waals surface area (Å²) >= 11 is 2.79. The molecule has 0 aliphatic heterocycles. The first-order valence-electron chi connectivity index (χ1n) is 15.8. The predicted molar refractivity (Wildman–Crippen MR) is 173 cm³/mol. The van der Waals surface area contributed by atoms with E-state index in [9.17, 15) is 45.5 Å². The fraction of sp³-hybridized carbons (Fsp3) is 0.471. The van der Waals surface area contributed by atoms with Gasteiger partial charge in [-0.3, -0.25) is 19.2 Å². The summed E-state index contributed by atoms with van der Waals surface area (Å²) in [5.74, 6) is -3.75. The minimum absolute atomic E-state index is 0.0758. The van der Waals surface area contributed by atoms with Crippen LogP contribution in [0, 0.1) is 0 Å². The molecule has 0 saturated heterocycles. The zero-order valence-electron chi connectivity index (χ0n) is 26.8. The van der Waals surface area contributed by atoms with Gasteiger partial charge in [0.05, 0.1) is 16.0 Å². The van der Waals surface area contributed by atoms with E-state index in [1.807, 2.05) is 18.2 Å². The van der Waals surface area contributed by atoms with Crippen LogP contribution in [-0.2, 0) is 38.1 Å². The lowest BCUT2D eigenvalue weighted by Crippen LogP contribution is -2.25. The third kappa shape index (κ3) is 9.05. The van der Waals surface area contributed by atoms with Crippen molar-refractivity contribution in [1.82, 2.24) is 0 Å². The normalized spacial score (nSPS) is 17.0. The molecular formula is C34H32F6O8S2. The molecule has 3 unspecified atom stereocenters. The van der Waals surface area contributed by atoms with E-state index in [4.69, 9.17) is 18.9 Å². The number of thiophene rings is 2. The zero-order valence-corrected chi connectivity index (χ0v) is 28.5. The van der Waals surface area contributed by atoms with Gasteiger partial charge in [-0.25, -0.2) is 0 Å². The van der Waals surface area contributed by atoms with Gasteiger partial charge in [-0.15, -0.1) is 22.7 Å². The number of hydrogen-bond acceptors (Lipinski definition) is 10. The van der Waals surface area contributed by atoms with Crippen LogP contribution in [-0.4, -0.2) is 42.8 Å². The Kier molecular flexibility index (Phi) is 11.3. The van der Waals surface area contributed by atoms with Crippen molar-refractivity contribution in [2.75, 3.05) is 6.61 Å². The lowest BCUT2D eigenvalue weighted by molar-refractivity contribution is -0.181. The van der Waals surface area contributed by atoms with Crippen LogP contribution in [0.3, 0.4) is 0 Å². The quantitative estimate of drug-likeness (QED) is 0.0611. The third-order valence-corrected chi connectivity index (χ3v) is 10.5. The van der Waals surface area contributed by atoms with Gasteiger partial charge in [0.15, 0.2) is 0 Å². The molecule has 3 atom stereocenters. The fourth-order valence-corrected chi connectivity index (χ4v) is 8.44. The summed E-state index contributed by atoms with van der Waals surface area (Å²) in [6.45, 7) is 3.53. The third-order valence-electron chi connectivity index (χ3n) is 8.03. The van der Waals surface area contributed by atoms with Gasteiger partial charge in [-0.2, -0.15) is 26.3 Å². The smallest absolute Gasteiger partial charge is 0.399 e. The van der Waals surface area contributed by atoms with Crippen LogP contribution in [0.25, 0.3) is 29.6 Å². The molecule has 0 bridgehead atoms. The Morgan fingerprint density at radius 2 is 1.28 bits per heavy atom. The van der Waals surface area contributed by atoms with Crippen LogP contribution < -0.4 is 0 Å². The second kappa shape index (κ2) is 15.1. The Labute approximate surface area is 289 Å². The Bertz CT molecular complexity index is 1910. The van der Waals surface area contributed by atoms with Crippen molar-refractivity contribution in [3.05, 3.63) is 47.0 Å². The summed E-state index contributed by atoms with van der Waals surface area (Å²) in [6.07, 6.45) is -15.1. The molecule has 0 N–H and O–H groups in total. The molecule has 50 heavy (non-hydrogen) atoms. The zero-order chi connectivity index (χ0) is 36.4. The van der Waals surface area contributed by atoms with Gasteiger partial charge in [0.25, 0.3) is 0 Å². The van der Waals surface area contributed by atoms with E-state index in [-0.39, 0.29) is 49.4 Å². The average molecular weight is 747 g/mol. The SMILES string of the molecule is CCC(=O)OCCCC(OC(=O)CC)c1ccc2sc3c4cc5c(cc4sc3c2c1)C(OC(=O)CC(F)(F)F)CCC5OC(=O)CC(F)(F)F. The maximum atomic E-state index is 12.9. The average Bonchev–Trinajstić information content (AvgIpc) is 3.56. The molecule has 0 saturated carbocycles. The number of alkyl halides is 6. The van der Waals surface area contributed by atoms with Gasteiger partial charge in [-0.05, 0) is 55.5 Å². The number of esters is 4. The maximum Gasteiger partial charge on any atom is 0.399 e. The van der Waals surface area contributed by atoms with Gasteiger partial charge in [-0.1, -0.05) is 19.9 Å². The molecule has 8 nitrogen and oxygen atoms in total. The highest BCUT2D eigenvalue weighted by molar-refractivity contribution is 7.36. The standard InChI is InChI=1S/C34H32F6O8S2/c1-3-27(41)45-11-5-6-22(46-28(42)4-2)17-7-10-25-20(12-17)31-32(49-25)21-13-18-19(14-26(21)50-31)24(48-30(44)16-34(38,39)40)9-8-23(18)47-29(43)15-33(35,36)37/h7,10,12-14,22-24H,3-6,8-9,11,15-16H2,1-2H3. The highest BCUT2D eigenvalue weighted by Crippen LogP contribution is 2.49. The Morgan fingerprint density at radius 1 is 0.740 bits per heavy atom. The van der Waals surface area contributed by atoms with Crippen LogP contribution in [0.1, 0.15) is 100 Å². The van der Waals surface area contributed by atoms with Crippen LogP contribution in [0.5, 0.6) is 0 Å². The van der Waals surface area contributed by atoms with Crippen LogP contribution in [0.4, 0.5) is 26.3 Å². The van der Waals surface area contributed by atoms with E-state index in [1.54, 1.807) is 26.0 Å². The number of hydrogen-bond donors (Lipinski definition) is 0. The van der Waals surface area contributed by atoms with E-state index in [0.29, 0.717) is 28.5 Å². The van der Waals surface area contributed by atoms with Gasteiger partial charge in [0.2, 0.25) is 0 Å². The first-order chi connectivity index (χ1) is 23.5. The number of carbonyl (C=O) groups excluding carboxylic acids is 4. The molecule has 2 aromatic heterocycles. The largest absolute Gasteiger partial charge is 0.466 e. The monoisotopic (exact) mass is 746 g/mol. The number of rotatable bonds is 12. The van der Waals surface area contributed by atoms with Gasteiger partial charge in [0.1, 0.15) is 31.2 Å². The molecule has 4 aromatic rings. The van der Waals surface area contributed by atoms with Crippen molar-refractivity contribution in [3.8, 4) is 0 Å². The highest BCUT2D eigenvalue weighted by Gasteiger charge is 2.38. The van der Waals surface area contributed by atoms with E-state index >= 15 is 0 Å². The molecule has 0 amide bonds. The lowest BCUT2D eigenvalue weighted by atomic mass is 9.86. The molecule has 1 aliphatic carbocycles. The Balaban J connectivity index is 1.53. The topological polar surface area (TPSA) is 105 Å². The van der Waals surface area contributed by atoms with Crippen molar-refractivity contribution < 1.29 is 64.5 Å². The highest BCUT2D eigenvalue weighted by atomic mass is 32.1. The summed E-state index contributed by atoms with van der Waals surface area (Å²) in [6, 6.07) is 8.88. The first-order valence-corrected chi connectivity index (χ1v) is 17.5. The van der Waals surface area contributed by atoms with E-state index in [0.717, 1.165) is 19.5 Å². The molecule has 0 radical (unpaired) electrons. The Hall–Kier alpha value is -3.92. The maximum absolute atomic E-state index is 12.9. The number of benzene rings is 2. The minimum Gasteiger partial charge on any atom is -0.466 e. The molecule has 2 heterocycles. The van der Waals surface area contributed by atoms with E-state index in [2.05, 4.69) is 0 Å². The van der Waals surface area contributed by atoms with Gasteiger partial charge < -0.3 is 18.9 Å². The number of halogens is 6. The first kappa shape index (κ1) is 37.3. The number of ether oxygens (including phenoxy) is 4. The van der Waals surface area contributed by atoms with E-state index in [1.165, 1.54) is 22.7 Å². The van der Waals surface area contributed by atoms with Crippen LogP contribution in [0.2, 0.25) is 0 Å². The summed E-state index contributed by atoms with van der Waals surface area (Å²) < 4.78 is 102. The lowest BCUT2D eigenvalue weighted by Gasteiger charge is -2.31. The predicted octanol–water partition coefficient (Wildman–Crippen LogP) is 9.86. The Morgan fingerprint density at radius 3 is 1.84 bits per heavy atom. The van der Waals surface area contributed by atoms with Gasteiger partial charge in [0, 0.05) is 44.1 Å². The summed E-state index contributed by atoms with van der Waals surface area (Å²) in [4.78, 5) is 48.2. The van der Waals surface area contributed by atoms with Crippen LogP contribution in [0.15, 0.2) is 30.3 Å². The minimum atomic E-state index is -4.81. The molecule has 1 aliphatic rings. The second-order valence-electron chi connectivity index (χ2n) is 11.8. The molecule has 16 heteroatoms. The number of fused-ring (bicyclic) bond motifs is 6.